The van der Waals surface area contributed by atoms with Gasteiger partial charge in [0.05, 0.1) is 23.2 Å². The number of fused-ring (bicyclic) bond motifs is 2. The first-order valence-electron chi connectivity index (χ1n) is 12.8. The Morgan fingerprint density at radius 1 is 1.14 bits per heavy atom. The molecule has 2 fully saturated rings. The van der Waals surface area contributed by atoms with Crippen molar-refractivity contribution in [3.05, 3.63) is 24.3 Å². The second kappa shape index (κ2) is 9.58. The maximum atomic E-state index is 14.4. The Balaban J connectivity index is 1.79. The number of aliphatic hydroxyl groups is 1. The summed E-state index contributed by atoms with van der Waals surface area (Å²) in [5, 5.41) is 9.32. The van der Waals surface area contributed by atoms with Crippen LogP contribution in [0.5, 0.6) is 0 Å². The first kappa shape index (κ1) is 26.3. The van der Waals surface area contributed by atoms with Crippen molar-refractivity contribution in [3.8, 4) is 0 Å². The summed E-state index contributed by atoms with van der Waals surface area (Å²) in [6.45, 7) is 11.7. The van der Waals surface area contributed by atoms with Crippen LogP contribution in [-0.4, -0.2) is 80.6 Å². The lowest BCUT2D eigenvalue weighted by Crippen LogP contribution is -2.58. The van der Waals surface area contributed by atoms with E-state index in [2.05, 4.69) is 40.7 Å². The fourth-order valence-electron chi connectivity index (χ4n) is 6.67. The summed E-state index contributed by atoms with van der Waals surface area (Å²) in [6, 6.07) is -0.716. The SMILES string of the molecule is CC(C)(C)CC(C)(C)N1CC=C[C@]23S[C@H]4/C=C\CCCOC(=O)[C@H]4[C@H]2C(=O)N(CCCO)C3C1=O. The Kier molecular flexibility index (Phi) is 7.19. The van der Waals surface area contributed by atoms with Gasteiger partial charge < -0.3 is 19.6 Å². The topological polar surface area (TPSA) is 87.2 Å². The minimum absolute atomic E-state index is 0.0166. The fourth-order valence-corrected chi connectivity index (χ4v) is 8.67. The summed E-state index contributed by atoms with van der Waals surface area (Å²) in [6.07, 6.45) is 10.9. The predicted molar refractivity (Wildman–Crippen MR) is 137 cm³/mol. The summed E-state index contributed by atoms with van der Waals surface area (Å²) in [5.74, 6) is -1.89. The molecular weight excluding hydrogens is 464 g/mol. The van der Waals surface area contributed by atoms with Crippen LogP contribution in [0.3, 0.4) is 0 Å². The van der Waals surface area contributed by atoms with E-state index in [4.69, 9.17) is 4.74 Å². The maximum absolute atomic E-state index is 14.4. The van der Waals surface area contributed by atoms with Crippen molar-refractivity contribution >= 4 is 29.5 Å². The van der Waals surface area contributed by atoms with Gasteiger partial charge in [-0.15, -0.1) is 11.8 Å². The van der Waals surface area contributed by atoms with Crippen molar-refractivity contribution in [1.29, 1.82) is 0 Å². The van der Waals surface area contributed by atoms with E-state index in [0.29, 0.717) is 19.6 Å². The van der Waals surface area contributed by atoms with Gasteiger partial charge in [-0.2, -0.15) is 0 Å². The van der Waals surface area contributed by atoms with E-state index in [-0.39, 0.29) is 41.6 Å². The molecule has 0 saturated carbocycles. The van der Waals surface area contributed by atoms with Crippen LogP contribution in [0.4, 0.5) is 0 Å². The normalized spacial score (nSPS) is 34.4. The highest BCUT2D eigenvalue weighted by molar-refractivity contribution is 8.02. The molecule has 4 aliphatic rings. The largest absolute Gasteiger partial charge is 0.465 e. The van der Waals surface area contributed by atoms with Gasteiger partial charge in [-0.25, -0.2) is 0 Å². The number of hydrogen-bond donors (Lipinski definition) is 1. The molecule has 0 aromatic carbocycles. The molecule has 0 radical (unpaired) electrons. The first-order chi connectivity index (χ1) is 16.4. The van der Waals surface area contributed by atoms with Gasteiger partial charge in [-0.1, -0.05) is 45.1 Å². The zero-order valence-electron chi connectivity index (χ0n) is 21.7. The Morgan fingerprint density at radius 2 is 1.89 bits per heavy atom. The number of allylic oxidation sites excluding steroid dienone is 1. The minimum atomic E-state index is -0.839. The van der Waals surface area contributed by atoms with Crippen molar-refractivity contribution in [2.75, 3.05) is 26.3 Å². The van der Waals surface area contributed by atoms with E-state index in [1.54, 1.807) is 16.7 Å². The van der Waals surface area contributed by atoms with Crippen LogP contribution in [0.1, 0.15) is 60.3 Å². The monoisotopic (exact) mass is 504 g/mol. The number of cyclic esters (lactones) is 1. The number of carbonyl (C=O) groups excluding carboxylic acids is 3. The van der Waals surface area contributed by atoms with Crippen molar-refractivity contribution < 1.29 is 24.2 Å². The van der Waals surface area contributed by atoms with Gasteiger partial charge >= 0.3 is 5.97 Å². The lowest BCUT2D eigenvalue weighted by atomic mass is 9.78. The van der Waals surface area contributed by atoms with Crippen LogP contribution in [0, 0.1) is 17.3 Å². The van der Waals surface area contributed by atoms with Crippen LogP contribution < -0.4 is 0 Å². The third-order valence-corrected chi connectivity index (χ3v) is 9.35. The number of amides is 2. The quantitative estimate of drug-likeness (QED) is 0.457. The molecule has 4 aliphatic heterocycles. The van der Waals surface area contributed by atoms with Gasteiger partial charge in [-0.05, 0) is 44.9 Å². The van der Waals surface area contributed by atoms with Crippen LogP contribution in [0.25, 0.3) is 0 Å². The summed E-state index contributed by atoms with van der Waals surface area (Å²) < 4.78 is 4.75. The molecule has 2 saturated heterocycles. The average molecular weight is 505 g/mol. The first-order valence-corrected chi connectivity index (χ1v) is 13.7. The maximum Gasteiger partial charge on any atom is 0.311 e. The molecule has 5 atom stereocenters. The number of likely N-dealkylation sites (tertiary alicyclic amines) is 1. The van der Waals surface area contributed by atoms with E-state index in [1.807, 2.05) is 23.1 Å². The molecule has 4 rings (SSSR count). The van der Waals surface area contributed by atoms with Crippen molar-refractivity contribution in [1.82, 2.24) is 9.80 Å². The highest BCUT2D eigenvalue weighted by Crippen LogP contribution is 2.61. The van der Waals surface area contributed by atoms with E-state index >= 15 is 0 Å². The smallest absolute Gasteiger partial charge is 0.311 e. The number of aliphatic hydroxyl groups excluding tert-OH is 1. The van der Waals surface area contributed by atoms with Gasteiger partial charge in [0.1, 0.15) is 6.04 Å². The van der Waals surface area contributed by atoms with Crippen LogP contribution in [0.2, 0.25) is 0 Å². The molecule has 0 aromatic rings. The second-order valence-electron chi connectivity index (χ2n) is 12.1. The molecule has 194 valence electrons. The summed E-state index contributed by atoms with van der Waals surface area (Å²) in [5.41, 5.74) is -0.403. The molecule has 1 unspecified atom stereocenters. The molecule has 2 amide bonds. The summed E-state index contributed by atoms with van der Waals surface area (Å²) in [7, 11) is 0. The summed E-state index contributed by atoms with van der Waals surface area (Å²) >= 11 is 1.57. The van der Waals surface area contributed by atoms with E-state index in [1.165, 1.54) is 0 Å². The predicted octanol–water partition coefficient (Wildman–Crippen LogP) is 3.17. The van der Waals surface area contributed by atoms with Crippen LogP contribution >= 0.6 is 11.8 Å². The number of hydrogen-bond acceptors (Lipinski definition) is 6. The number of nitrogens with zero attached hydrogens (tertiary/aromatic N) is 2. The van der Waals surface area contributed by atoms with Crippen molar-refractivity contribution in [2.24, 2.45) is 17.3 Å². The minimum Gasteiger partial charge on any atom is -0.465 e. The summed E-state index contributed by atoms with van der Waals surface area (Å²) in [4.78, 5) is 45.1. The van der Waals surface area contributed by atoms with Crippen LogP contribution in [-0.2, 0) is 19.1 Å². The van der Waals surface area contributed by atoms with Gasteiger partial charge in [0.25, 0.3) is 0 Å². The number of rotatable bonds is 5. The molecule has 0 aromatic heterocycles. The number of thioether (sulfide) groups is 1. The lowest BCUT2D eigenvalue weighted by molar-refractivity contribution is -0.153. The zero-order valence-corrected chi connectivity index (χ0v) is 22.5. The molecule has 1 N–H and O–H groups in total. The molecule has 0 aliphatic carbocycles. The fraction of sp³-hybridized carbons (Fsp3) is 0.741. The Labute approximate surface area is 213 Å². The molecule has 7 nitrogen and oxygen atoms in total. The molecule has 0 bridgehead atoms. The van der Waals surface area contributed by atoms with E-state index < -0.39 is 28.2 Å². The lowest BCUT2D eigenvalue weighted by Gasteiger charge is -2.44. The Hall–Kier alpha value is -1.80. The molecule has 35 heavy (non-hydrogen) atoms. The van der Waals surface area contributed by atoms with Crippen molar-refractivity contribution in [3.63, 3.8) is 0 Å². The molecule has 4 heterocycles. The van der Waals surface area contributed by atoms with Crippen molar-refractivity contribution in [2.45, 2.75) is 81.9 Å². The number of esters is 1. The van der Waals surface area contributed by atoms with Gasteiger partial charge in [0, 0.05) is 30.5 Å². The van der Waals surface area contributed by atoms with E-state index in [0.717, 1.165) is 19.3 Å². The highest BCUT2D eigenvalue weighted by Gasteiger charge is 2.71. The third kappa shape index (κ3) is 4.68. The second-order valence-corrected chi connectivity index (χ2v) is 13.6. The molecule has 8 heteroatoms. The van der Waals surface area contributed by atoms with Gasteiger partial charge in [0.2, 0.25) is 11.8 Å². The van der Waals surface area contributed by atoms with Gasteiger partial charge in [0.15, 0.2) is 0 Å². The molecule has 1 spiro atoms. The van der Waals surface area contributed by atoms with E-state index in [9.17, 15) is 19.5 Å². The number of carbonyl (C=O) groups is 3. The average Bonchev–Trinajstić information content (AvgIpc) is 3.15. The number of ether oxygens (including phenoxy) is 1. The Bertz CT molecular complexity index is 923. The molecular formula is C27H40N2O5S. The standard InChI is InChI=1S/C27H40N2O5S/c1-25(2,3)17-26(4,5)29-14-9-12-27-20(22(31)28(13-10-15-30)21(27)23(29)32)19-18(35-27)11-7-6-8-16-34-24(19)33/h7,9,11-12,18-21,30H,6,8,10,13-17H2,1-5H3/b11-7-/t18-,19+,20-,21?,27-/m0/s1. The third-order valence-electron chi connectivity index (χ3n) is 7.60. The Morgan fingerprint density at radius 3 is 2.57 bits per heavy atom. The zero-order chi connectivity index (χ0) is 25.6. The van der Waals surface area contributed by atoms with Gasteiger partial charge in [-0.3, -0.25) is 14.4 Å². The highest BCUT2D eigenvalue weighted by atomic mass is 32.2. The van der Waals surface area contributed by atoms with Crippen LogP contribution in [0.15, 0.2) is 24.3 Å².